The van der Waals surface area contributed by atoms with E-state index in [1.807, 2.05) is 20.8 Å². The van der Waals surface area contributed by atoms with E-state index in [4.69, 9.17) is 9.84 Å². The van der Waals surface area contributed by atoms with Gasteiger partial charge >= 0.3 is 6.09 Å². The van der Waals surface area contributed by atoms with Gasteiger partial charge < -0.3 is 25.3 Å². The van der Waals surface area contributed by atoms with Gasteiger partial charge in [0.2, 0.25) is 0 Å². The zero-order chi connectivity index (χ0) is 23.8. The summed E-state index contributed by atoms with van der Waals surface area (Å²) in [5, 5.41) is 26.7. The number of aromatic amines is 1. The van der Waals surface area contributed by atoms with Crippen LogP contribution in [0.3, 0.4) is 0 Å². The van der Waals surface area contributed by atoms with Crippen molar-refractivity contribution in [2.75, 3.05) is 6.61 Å². The van der Waals surface area contributed by atoms with Crippen molar-refractivity contribution < 1.29 is 24.1 Å². The molecule has 0 saturated heterocycles. The highest BCUT2D eigenvalue weighted by atomic mass is 19.1. The maximum Gasteiger partial charge on any atom is 0.413 e. The summed E-state index contributed by atoms with van der Waals surface area (Å²) in [6.45, 7) is 5.41. The molecule has 1 amide bonds. The van der Waals surface area contributed by atoms with Gasteiger partial charge in [0.15, 0.2) is 16.9 Å². The van der Waals surface area contributed by atoms with Crippen LogP contribution in [0, 0.1) is 5.82 Å². The molecule has 11 heteroatoms. The summed E-state index contributed by atoms with van der Waals surface area (Å²) in [7, 11) is 0. The zero-order valence-electron chi connectivity index (χ0n) is 18.5. The van der Waals surface area contributed by atoms with Crippen LogP contribution in [0.1, 0.15) is 27.2 Å². The van der Waals surface area contributed by atoms with Crippen molar-refractivity contribution in [3.63, 3.8) is 0 Å². The van der Waals surface area contributed by atoms with Crippen molar-refractivity contribution in [3.05, 3.63) is 36.4 Å². The van der Waals surface area contributed by atoms with Gasteiger partial charge in [-0.1, -0.05) is 0 Å². The monoisotopic (exact) mass is 456 g/mol. The lowest BCUT2D eigenvalue weighted by Crippen LogP contribution is -2.42. The molecule has 174 valence electrons. The van der Waals surface area contributed by atoms with Crippen LogP contribution in [0.25, 0.3) is 33.5 Å². The molecule has 4 N–H and O–H groups in total. The molecule has 4 rings (SSSR count). The van der Waals surface area contributed by atoms with Gasteiger partial charge in [0.25, 0.3) is 0 Å². The highest BCUT2D eigenvalue weighted by molar-refractivity contribution is 5.93. The molecule has 0 fully saturated rings. The minimum Gasteiger partial charge on any atom is -0.406 e. The maximum absolute atomic E-state index is 13.9. The average molecular weight is 456 g/mol. The third-order valence-electron chi connectivity index (χ3n) is 4.87. The first-order valence-electron chi connectivity index (χ1n) is 10.4. The number of hydrogen-bond acceptors (Lipinski definition) is 7. The van der Waals surface area contributed by atoms with E-state index in [0.29, 0.717) is 33.5 Å². The number of carbonyl (C=O) groups excluding carboxylic acids is 1. The largest absolute Gasteiger partial charge is 0.413 e. The van der Waals surface area contributed by atoms with Crippen molar-refractivity contribution in [3.8, 4) is 17.1 Å². The van der Waals surface area contributed by atoms with E-state index in [2.05, 4.69) is 25.4 Å². The van der Waals surface area contributed by atoms with Gasteiger partial charge in [-0.2, -0.15) is 5.10 Å². The lowest BCUT2D eigenvalue weighted by Gasteiger charge is -2.19. The maximum atomic E-state index is 13.9. The summed E-state index contributed by atoms with van der Waals surface area (Å²) >= 11 is 0. The Labute approximate surface area is 188 Å². The van der Waals surface area contributed by atoms with E-state index in [1.54, 1.807) is 10.7 Å². The molecule has 0 saturated carbocycles. The van der Waals surface area contributed by atoms with Crippen molar-refractivity contribution >= 4 is 28.2 Å². The first-order valence-corrected chi connectivity index (χ1v) is 10.4. The molecular weight excluding hydrogens is 431 g/mol. The minimum absolute atomic E-state index is 0.210. The third-order valence-corrected chi connectivity index (χ3v) is 4.87. The van der Waals surface area contributed by atoms with Crippen LogP contribution in [-0.4, -0.2) is 59.3 Å². The van der Waals surface area contributed by atoms with Crippen LogP contribution in [-0.2, 0) is 6.54 Å². The fraction of sp³-hybridized carbons (Fsp3) is 0.364. The number of H-pyrrole nitrogens is 1. The summed E-state index contributed by atoms with van der Waals surface area (Å²) in [6.07, 6.45) is 1.74. The molecule has 0 radical (unpaired) electrons. The van der Waals surface area contributed by atoms with Gasteiger partial charge in [-0.05, 0) is 45.4 Å². The fourth-order valence-electron chi connectivity index (χ4n) is 3.36. The van der Waals surface area contributed by atoms with Gasteiger partial charge in [-0.3, -0.25) is 4.68 Å². The Balaban J connectivity index is 1.72. The van der Waals surface area contributed by atoms with Gasteiger partial charge in [0, 0.05) is 23.7 Å². The van der Waals surface area contributed by atoms with E-state index in [1.165, 1.54) is 24.5 Å². The second-order valence-electron chi connectivity index (χ2n) is 8.73. The van der Waals surface area contributed by atoms with E-state index in [-0.39, 0.29) is 25.3 Å². The molecule has 33 heavy (non-hydrogen) atoms. The topological polar surface area (TPSA) is 138 Å². The van der Waals surface area contributed by atoms with E-state index < -0.39 is 23.6 Å². The van der Waals surface area contributed by atoms with Gasteiger partial charge in [0.1, 0.15) is 17.2 Å². The van der Waals surface area contributed by atoms with Crippen molar-refractivity contribution in [2.45, 2.75) is 45.4 Å². The fourth-order valence-corrected chi connectivity index (χ4v) is 3.36. The quantitative estimate of drug-likeness (QED) is 0.350. The SMILES string of the molecule is CC(C)(C)NC(=O)Oc1c[nH]c2ncc(-c3nn(CCC(O)CO)c4cc(F)ccc34)nc12. The number of fused-ring (bicyclic) bond motifs is 2. The summed E-state index contributed by atoms with van der Waals surface area (Å²) < 4.78 is 20.9. The molecule has 10 nitrogen and oxygen atoms in total. The molecule has 0 aliphatic rings. The van der Waals surface area contributed by atoms with Crippen LogP contribution in [0.15, 0.2) is 30.6 Å². The van der Waals surface area contributed by atoms with Crippen molar-refractivity contribution in [2.24, 2.45) is 0 Å². The van der Waals surface area contributed by atoms with E-state index in [0.717, 1.165) is 0 Å². The predicted molar refractivity (Wildman–Crippen MR) is 119 cm³/mol. The predicted octanol–water partition coefficient (Wildman–Crippen LogP) is 2.74. The van der Waals surface area contributed by atoms with Crippen molar-refractivity contribution in [1.82, 2.24) is 30.0 Å². The zero-order valence-corrected chi connectivity index (χ0v) is 18.5. The minimum atomic E-state index is -0.906. The van der Waals surface area contributed by atoms with Crippen LogP contribution in [0.4, 0.5) is 9.18 Å². The Morgan fingerprint density at radius 1 is 1.36 bits per heavy atom. The second kappa shape index (κ2) is 8.75. The first kappa shape index (κ1) is 22.6. The van der Waals surface area contributed by atoms with Crippen LogP contribution in [0.5, 0.6) is 5.75 Å². The highest BCUT2D eigenvalue weighted by Gasteiger charge is 2.20. The molecule has 1 unspecified atom stereocenters. The first-order chi connectivity index (χ1) is 15.6. The number of benzene rings is 1. The lowest BCUT2D eigenvalue weighted by molar-refractivity contribution is 0.0841. The third kappa shape index (κ3) is 4.94. The Morgan fingerprint density at radius 3 is 2.88 bits per heavy atom. The van der Waals surface area contributed by atoms with Gasteiger partial charge in [-0.25, -0.2) is 19.2 Å². The number of aryl methyl sites for hydroxylation is 1. The number of aromatic nitrogens is 5. The molecule has 0 bridgehead atoms. The number of rotatable bonds is 6. The Kier molecular flexibility index (Phi) is 6.00. The number of carbonyl (C=O) groups is 1. The number of ether oxygens (including phenoxy) is 1. The second-order valence-corrected chi connectivity index (χ2v) is 8.73. The number of nitrogens with zero attached hydrogens (tertiary/aromatic N) is 4. The number of halogens is 1. The molecule has 4 aromatic rings. The number of amides is 1. The lowest BCUT2D eigenvalue weighted by atomic mass is 10.1. The summed E-state index contributed by atoms with van der Waals surface area (Å²) in [6, 6.07) is 4.28. The normalized spacial score (nSPS) is 12.9. The molecular formula is C22H25FN6O4. The van der Waals surface area contributed by atoms with Crippen LogP contribution >= 0.6 is 0 Å². The Bertz CT molecular complexity index is 1310. The van der Waals surface area contributed by atoms with E-state index in [9.17, 15) is 14.3 Å². The smallest absolute Gasteiger partial charge is 0.406 e. The van der Waals surface area contributed by atoms with Crippen LogP contribution in [0.2, 0.25) is 0 Å². The van der Waals surface area contributed by atoms with E-state index >= 15 is 0 Å². The molecule has 0 aliphatic heterocycles. The number of nitrogens with one attached hydrogen (secondary N) is 2. The molecule has 1 aromatic carbocycles. The van der Waals surface area contributed by atoms with Crippen LogP contribution < -0.4 is 10.1 Å². The highest BCUT2D eigenvalue weighted by Crippen LogP contribution is 2.30. The molecule has 0 spiro atoms. The summed E-state index contributed by atoms with van der Waals surface area (Å²) in [4.78, 5) is 24.1. The average Bonchev–Trinajstić information content (AvgIpc) is 3.31. The summed E-state index contributed by atoms with van der Waals surface area (Å²) in [5.74, 6) is -0.215. The molecule has 1 atom stereocenters. The van der Waals surface area contributed by atoms with Gasteiger partial charge in [0.05, 0.1) is 24.4 Å². The summed E-state index contributed by atoms with van der Waals surface area (Å²) in [5.41, 5.74) is 1.69. The molecule has 0 aliphatic carbocycles. The standard InChI is InChI=1S/C22H25FN6O4/c1-22(2,3)27-21(32)33-17-10-25-20-19(17)26-15(9-24-20)18-14-5-4-12(23)8-16(14)29(28-18)7-6-13(31)11-30/h4-5,8-10,13,30-31H,6-7,11H2,1-3H3,(H,24,25)(H,27,32). The van der Waals surface area contributed by atoms with Crippen molar-refractivity contribution in [1.29, 1.82) is 0 Å². The number of hydrogen-bond donors (Lipinski definition) is 4. The molecule has 3 aromatic heterocycles. The Hall–Kier alpha value is -3.57. The Morgan fingerprint density at radius 2 is 2.15 bits per heavy atom. The number of aliphatic hydroxyl groups excluding tert-OH is 2. The number of aliphatic hydroxyl groups is 2. The molecule has 3 heterocycles. The van der Waals surface area contributed by atoms with Gasteiger partial charge in [-0.15, -0.1) is 0 Å².